The van der Waals surface area contributed by atoms with E-state index < -0.39 is 0 Å². The van der Waals surface area contributed by atoms with Crippen LogP contribution in [0.5, 0.6) is 5.75 Å². The van der Waals surface area contributed by atoms with Gasteiger partial charge in [-0.3, -0.25) is 0 Å². The molecule has 0 saturated heterocycles. The molecule has 1 aliphatic heterocycles. The van der Waals surface area contributed by atoms with E-state index in [2.05, 4.69) is 10.6 Å². The molecule has 0 aromatic heterocycles. The Morgan fingerprint density at radius 3 is 3.16 bits per heavy atom. The Balaban J connectivity index is 1.74. The quantitative estimate of drug-likeness (QED) is 0.789. The molecule has 5 heteroatoms. The number of ether oxygens (including phenoxy) is 2. The third-order valence-electron chi connectivity index (χ3n) is 3.02. The number of nitrogens with one attached hydrogen (secondary N) is 2. The zero-order valence-electron chi connectivity index (χ0n) is 11.1. The summed E-state index contributed by atoms with van der Waals surface area (Å²) >= 11 is 0. The Kier molecular flexibility index (Phi) is 5.03. The molecule has 1 heterocycles. The molecule has 1 aliphatic rings. The van der Waals surface area contributed by atoms with E-state index >= 15 is 0 Å². The van der Waals surface area contributed by atoms with E-state index in [-0.39, 0.29) is 12.1 Å². The molecule has 5 nitrogen and oxygen atoms in total. The number of amides is 2. The molecule has 0 radical (unpaired) electrons. The molecular weight excluding hydrogens is 244 g/mol. The zero-order valence-corrected chi connectivity index (χ0v) is 11.1. The Labute approximate surface area is 113 Å². The van der Waals surface area contributed by atoms with Gasteiger partial charge >= 0.3 is 6.03 Å². The van der Waals surface area contributed by atoms with Crippen LogP contribution in [0.3, 0.4) is 0 Å². The van der Waals surface area contributed by atoms with Gasteiger partial charge in [-0.05, 0) is 24.5 Å². The van der Waals surface area contributed by atoms with Gasteiger partial charge in [0.1, 0.15) is 12.4 Å². The molecule has 0 aliphatic carbocycles. The van der Waals surface area contributed by atoms with Crippen LogP contribution in [0.15, 0.2) is 24.3 Å². The van der Waals surface area contributed by atoms with E-state index in [0.717, 1.165) is 24.2 Å². The summed E-state index contributed by atoms with van der Waals surface area (Å²) in [5.74, 6) is 0.918. The lowest BCUT2D eigenvalue weighted by atomic mass is 10.0. The lowest BCUT2D eigenvalue weighted by Gasteiger charge is -2.26. The van der Waals surface area contributed by atoms with Gasteiger partial charge < -0.3 is 20.1 Å². The fraction of sp³-hybridized carbons (Fsp3) is 0.500. The number of hydrogen-bond donors (Lipinski definition) is 2. The fourth-order valence-corrected chi connectivity index (χ4v) is 2.08. The molecule has 0 unspecified atom stereocenters. The van der Waals surface area contributed by atoms with Crippen molar-refractivity contribution in [1.29, 1.82) is 0 Å². The van der Waals surface area contributed by atoms with E-state index in [1.54, 1.807) is 7.11 Å². The molecular formula is C14H20N2O3. The second-order valence-electron chi connectivity index (χ2n) is 4.57. The Morgan fingerprint density at radius 2 is 2.32 bits per heavy atom. The van der Waals surface area contributed by atoms with Crippen molar-refractivity contribution in [3.63, 3.8) is 0 Å². The number of benzene rings is 1. The van der Waals surface area contributed by atoms with Gasteiger partial charge in [0.15, 0.2) is 0 Å². The fourth-order valence-electron chi connectivity index (χ4n) is 2.08. The van der Waals surface area contributed by atoms with E-state index in [9.17, 15) is 4.79 Å². The number of rotatable bonds is 5. The lowest BCUT2D eigenvalue weighted by Crippen LogP contribution is -2.47. The highest BCUT2D eigenvalue weighted by atomic mass is 16.5. The van der Waals surface area contributed by atoms with Crippen LogP contribution in [0.2, 0.25) is 0 Å². The number of methoxy groups -OCH3 is 1. The largest absolute Gasteiger partial charge is 0.491 e. The van der Waals surface area contributed by atoms with Crippen LogP contribution in [-0.4, -0.2) is 38.9 Å². The van der Waals surface area contributed by atoms with Gasteiger partial charge in [0.2, 0.25) is 0 Å². The van der Waals surface area contributed by atoms with Crippen LogP contribution < -0.4 is 15.4 Å². The number of carbonyl (C=O) groups excluding carboxylic acids is 1. The van der Waals surface area contributed by atoms with Crippen molar-refractivity contribution in [3.05, 3.63) is 29.8 Å². The summed E-state index contributed by atoms with van der Waals surface area (Å²) in [6.45, 7) is 1.78. The number of fused-ring (bicyclic) bond motifs is 1. The van der Waals surface area contributed by atoms with Gasteiger partial charge in [0, 0.05) is 20.3 Å². The molecule has 0 fully saturated rings. The van der Waals surface area contributed by atoms with Crippen LogP contribution in [0.4, 0.5) is 4.79 Å². The second kappa shape index (κ2) is 6.99. The third-order valence-corrected chi connectivity index (χ3v) is 3.02. The molecule has 2 N–H and O–H groups in total. The van der Waals surface area contributed by atoms with Crippen molar-refractivity contribution < 1.29 is 14.3 Å². The minimum atomic E-state index is -0.149. The molecule has 1 atom stereocenters. The normalized spacial score (nSPS) is 17.2. The SMILES string of the molecule is COCCCNC(=O)N[C@@H]1COc2ccccc2C1. The average Bonchev–Trinajstić information content (AvgIpc) is 2.43. The maximum Gasteiger partial charge on any atom is 0.315 e. The zero-order chi connectivity index (χ0) is 13.5. The average molecular weight is 264 g/mol. The summed E-state index contributed by atoms with van der Waals surface area (Å²) in [6, 6.07) is 7.79. The highest BCUT2D eigenvalue weighted by molar-refractivity contribution is 5.74. The molecule has 0 spiro atoms. The molecule has 0 saturated carbocycles. The van der Waals surface area contributed by atoms with Gasteiger partial charge in [-0.1, -0.05) is 18.2 Å². The molecule has 2 amide bonds. The summed E-state index contributed by atoms with van der Waals surface area (Å²) in [7, 11) is 1.65. The highest BCUT2D eigenvalue weighted by Gasteiger charge is 2.20. The highest BCUT2D eigenvalue weighted by Crippen LogP contribution is 2.23. The number of para-hydroxylation sites is 1. The molecule has 1 aromatic rings. The van der Waals surface area contributed by atoms with Crippen LogP contribution in [-0.2, 0) is 11.2 Å². The van der Waals surface area contributed by atoms with Crippen LogP contribution in [0.1, 0.15) is 12.0 Å². The summed E-state index contributed by atoms with van der Waals surface area (Å²) in [6.07, 6.45) is 1.62. The Bertz CT molecular complexity index is 423. The second-order valence-corrected chi connectivity index (χ2v) is 4.57. The van der Waals surface area contributed by atoms with Gasteiger partial charge in [-0.25, -0.2) is 4.79 Å². The Morgan fingerprint density at radius 1 is 1.47 bits per heavy atom. The van der Waals surface area contributed by atoms with Crippen molar-refractivity contribution in [3.8, 4) is 5.75 Å². The summed E-state index contributed by atoms with van der Waals surface area (Å²) in [4.78, 5) is 11.7. The summed E-state index contributed by atoms with van der Waals surface area (Å²) < 4.78 is 10.5. The smallest absolute Gasteiger partial charge is 0.315 e. The van der Waals surface area contributed by atoms with Crippen molar-refractivity contribution >= 4 is 6.03 Å². The van der Waals surface area contributed by atoms with Crippen LogP contribution in [0, 0.1) is 0 Å². The maximum absolute atomic E-state index is 11.7. The topological polar surface area (TPSA) is 59.6 Å². The number of carbonyl (C=O) groups is 1. The van der Waals surface area contributed by atoms with Crippen LogP contribution in [0.25, 0.3) is 0 Å². The number of hydrogen-bond acceptors (Lipinski definition) is 3. The van der Waals surface area contributed by atoms with E-state index in [0.29, 0.717) is 19.8 Å². The Hall–Kier alpha value is -1.75. The first-order valence-electron chi connectivity index (χ1n) is 6.53. The van der Waals surface area contributed by atoms with Crippen LogP contribution >= 0.6 is 0 Å². The standard InChI is InChI=1S/C14H20N2O3/c1-18-8-4-7-15-14(17)16-12-9-11-5-2-3-6-13(11)19-10-12/h2-3,5-6,12H,4,7-10H2,1H3,(H2,15,16,17)/t12-/m0/s1. The molecule has 2 rings (SSSR count). The van der Waals surface area contributed by atoms with E-state index in [4.69, 9.17) is 9.47 Å². The summed E-state index contributed by atoms with van der Waals surface area (Å²) in [5.41, 5.74) is 1.14. The molecule has 104 valence electrons. The van der Waals surface area contributed by atoms with E-state index in [1.807, 2.05) is 24.3 Å². The lowest BCUT2D eigenvalue weighted by molar-refractivity contribution is 0.191. The predicted octanol–water partition coefficient (Wildman–Crippen LogP) is 1.33. The van der Waals surface area contributed by atoms with E-state index in [1.165, 1.54) is 0 Å². The van der Waals surface area contributed by atoms with Gasteiger partial charge in [0.05, 0.1) is 6.04 Å². The first-order valence-corrected chi connectivity index (χ1v) is 6.53. The van der Waals surface area contributed by atoms with Crippen molar-refractivity contribution in [2.45, 2.75) is 18.9 Å². The molecule has 0 bridgehead atoms. The predicted molar refractivity (Wildman–Crippen MR) is 72.5 cm³/mol. The summed E-state index contributed by atoms with van der Waals surface area (Å²) in [5, 5.41) is 5.72. The maximum atomic E-state index is 11.7. The third kappa shape index (κ3) is 4.13. The van der Waals surface area contributed by atoms with Gasteiger partial charge in [-0.15, -0.1) is 0 Å². The van der Waals surface area contributed by atoms with Gasteiger partial charge in [0.25, 0.3) is 0 Å². The number of urea groups is 1. The van der Waals surface area contributed by atoms with Crippen molar-refractivity contribution in [2.24, 2.45) is 0 Å². The molecule has 19 heavy (non-hydrogen) atoms. The first-order chi connectivity index (χ1) is 9.29. The minimum absolute atomic E-state index is 0.0253. The van der Waals surface area contributed by atoms with Gasteiger partial charge in [-0.2, -0.15) is 0 Å². The molecule has 1 aromatic carbocycles. The minimum Gasteiger partial charge on any atom is -0.491 e. The van der Waals surface area contributed by atoms with Crippen molar-refractivity contribution in [1.82, 2.24) is 10.6 Å². The monoisotopic (exact) mass is 264 g/mol. The first kappa shape index (κ1) is 13.7. The van der Waals surface area contributed by atoms with Crippen molar-refractivity contribution in [2.75, 3.05) is 26.9 Å².